The molecule has 1 aromatic carbocycles. The van der Waals surface area contributed by atoms with E-state index in [1.54, 1.807) is 6.07 Å². The largest absolute Gasteiger partial charge is 0.478 e. The molecule has 124 valence electrons. The Labute approximate surface area is 131 Å². The Hall–Kier alpha value is -1.98. The Morgan fingerprint density at radius 1 is 1.26 bits per heavy atom. The number of fused-ring (bicyclic) bond motifs is 3. The van der Waals surface area contributed by atoms with Crippen molar-refractivity contribution in [3.8, 4) is 5.75 Å². The van der Waals surface area contributed by atoms with Gasteiger partial charge in [0.25, 0.3) is 0 Å². The van der Waals surface area contributed by atoms with Crippen LogP contribution < -0.4 is 4.74 Å². The van der Waals surface area contributed by atoms with Gasteiger partial charge in [0.1, 0.15) is 5.75 Å². The third-order valence-electron chi connectivity index (χ3n) is 4.80. The van der Waals surface area contributed by atoms with Gasteiger partial charge in [0.15, 0.2) is 0 Å². The first-order valence-corrected chi connectivity index (χ1v) is 7.52. The Morgan fingerprint density at radius 2 is 1.91 bits per heavy atom. The molecule has 1 atom stereocenters. The van der Waals surface area contributed by atoms with Gasteiger partial charge in [-0.25, -0.2) is 4.79 Å². The lowest BCUT2D eigenvalue weighted by atomic mass is 9.81. The number of alkyl halides is 3. The van der Waals surface area contributed by atoms with Gasteiger partial charge in [-0.3, -0.25) is 0 Å². The van der Waals surface area contributed by atoms with Crippen LogP contribution in [0.15, 0.2) is 17.7 Å². The average Bonchev–Trinajstić information content (AvgIpc) is 2.45. The summed E-state index contributed by atoms with van der Waals surface area (Å²) in [6.45, 7) is 2.22. The lowest BCUT2D eigenvalue weighted by Crippen LogP contribution is -2.53. The summed E-state index contributed by atoms with van der Waals surface area (Å²) in [7, 11) is 0. The highest BCUT2D eigenvalue weighted by atomic mass is 19.4. The van der Waals surface area contributed by atoms with Crippen molar-refractivity contribution in [1.29, 1.82) is 0 Å². The summed E-state index contributed by atoms with van der Waals surface area (Å²) in [4.78, 5) is 11.5. The molecule has 3 nitrogen and oxygen atoms in total. The molecule has 0 spiro atoms. The van der Waals surface area contributed by atoms with E-state index in [4.69, 9.17) is 4.74 Å². The van der Waals surface area contributed by atoms with Crippen LogP contribution in [0, 0.1) is 0 Å². The van der Waals surface area contributed by atoms with Crippen LogP contribution in [0.25, 0.3) is 5.57 Å². The molecule has 6 heteroatoms. The molecule has 1 unspecified atom stereocenters. The van der Waals surface area contributed by atoms with Crippen molar-refractivity contribution in [1.82, 2.24) is 0 Å². The van der Waals surface area contributed by atoms with Gasteiger partial charge in [-0.05, 0) is 56.2 Å². The minimum Gasteiger partial charge on any atom is -0.478 e. The highest BCUT2D eigenvalue weighted by Crippen LogP contribution is 2.50. The van der Waals surface area contributed by atoms with Gasteiger partial charge in [0, 0.05) is 5.56 Å². The van der Waals surface area contributed by atoms with E-state index in [0.717, 1.165) is 37.3 Å². The molecule has 0 radical (unpaired) electrons. The van der Waals surface area contributed by atoms with Crippen molar-refractivity contribution in [2.24, 2.45) is 0 Å². The minimum absolute atomic E-state index is 0.118. The molecule has 0 aromatic heterocycles. The molecule has 1 heterocycles. The van der Waals surface area contributed by atoms with Gasteiger partial charge in [-0.1, -0.05) is 12.1 Å². The number of ether oxygens (including phenoxy) is 1. The topological polar surface area (TPSA) is 46.5 Å². The number of halogens is 3. The standard InChI is InChI=1S/C17H17F3O3/c1-9-11-8-7-10-5-3-4-6-12(10)14(11)23-16(2,17(18,19)20)13(9)15(21)22/h7-8H,3-6H2,1-2H3,(H,21,22). The fraction of sp³-hybridized carbons (Fsp3) is 0.471. The molecule has 0 bridgehead atoms. The molecule has 3 rings (SSSR count). The Bertz CT molecular complexity index is 719. The lowest BCUT2D eigenvalue weighted by Gasteiger charge is -2.39. The minimum atomic E-state index is -4.82. The molecule has 1 N–H and O–H groups in total. The molecule has 0 fully saturated rings. The second kappa shape index (κ2) is 5.01. The number of carbonyl (C=O) groups is 1. The van der Waals surface area contributed by atoms with Crippen LogP contribution >= 0.6 is 0 Å². The number of aliphatic carboxylic acids is 1. The highest BCUT2D eigenvalue weighted by Gasteiger charge is 2.61. The Balaban J connectivity index is 2.29. The summed E-state index contributed by atoms with van der Waals surface area (Å²) in [5, 5.41) is 9.33. The van der Waals surface area contributed by atoms with E-state index in [1.807, 2.05) is 6.07 Å². The van der Waals surface area contributed by atoms with E-state index in [0.29, 0.717) is 12.0 Å². The number of aryl methyl sites for hydroxylation is 1. The molecule has 1 aromatic rings. The maximum atomic E-state index is 13.6. The lowest BCUT2D eigenvalue weighted by molar-refractivity contribution is -0.229. The van der Waals surface area contributed by atoms with Crippen LogP contribution in [0.3, 0.4) is 0 Å². The van der Waals surface area contributed by atoms with E-state index in [1.165, 1.54) is 6.92 Å². The van der Waals surface area contributed by atoms with Crippen molar-refractivity contribution < 1.29 is 27.8 Å². The predicted octanol–water partition coefficient (Wildman–Crippen LogP) is 4.14. The molecular formula is C17H17F3O3. The normalized spacial score (nSPS) is 23.9. The molecule has 2 aliphatic rings. The summed E-state index contributed by atoms with van der Waals surface area (Å²) < 4.78 is 46.2. The molecule has 1 aliphatic heterocycles. The fourth-order valence-corrected chi connectivity index (χ4v) is 3.52. The number of allylic oxidation sites excluding steroid dienone is 1. The zero-order chi connectivity index (χ0) is 17.0. The third-order valence-corrected chi connectivity index (χ3v) is 4.80. The fourth-order valence-electron chi connectivity index (χ4n) is 3.52. The van der Waals surface area contributed by atoms with Crippen LogP contribution in [0.4, 0.5) is 13.2 Å². The molecule has 1 aliphatic carbocycles. The highest BCUT2D eigenvalue weighted by molar-refractivity contribution is 6.00. The van der Waals surface area contributed by atoms with Crippen LogP contribution in [0.1, 0.15) is 43.4 Å². The second-order valence-electron chi connectivity index (χ2n) is 6.23. The number of carboxylic acids is 1. The predicted molar refractivity (Wildman–Crippen MR) is 78.4 cm³/mol. The second-order valence-corrected chi connectivity index (χ2v) is 6.23. The molecule has 0 saturated heterocycles. The number of rotatable bonds is 1. The van der Waals surface area contributed by atoms with Crippen molar-refractivity contribution in [3.05, 3.63) is 34.4 Å². The number of carboxylic acid groups (broad SMARTS) is 1. The van der Waals surface area contributed by atoms with Gasteiger partial charge in [0.2, 0.25) is 5.60 Å². The van der Waals surface area contributed by atoms with Gasteiger partial charge < -0.3 is 9.84 Å². The zero-order valence-corrected chi connectivity index (χ0v) is 12.9. The summed E-state index contributed by atoms with van der Waals surface area (Å²) in [6.07, 6.45) is -1.47. The molecular weight excluding hydrogens is 309 g/mol. The summed E-state index contributed by atoms with van der Waals surface area (Å²) in [5.74, 6) is -1.41. The maximum absolute atomic E-state index is 13.6. The maximum Gasteiger partial charge on any atom is 0.432 e. The van der Waals surface area contributed by atoms with Gasteiger partial charge in [0.05, 0.1) is 5.57 Å². The Morgan fingerprint density at radius 3 is 2.52 bits per heavy atom. The van der Waals surface area contributed by atoms with Crippen LogP contribution in [0.5, 0.6) is 5.75 Å². The molecule has 0 amide bonds. The quantitative estimate of drug-likeness (QED) is 0.844. The number of benzene rings is 1. The first-order valence-electron chi connectivity index (χ1n) is 7.52. The SMILES string of the molecule is CC1=C(C(=O)O)C(C)(C(F)(F)F)Oc2c1ccc1c2CCCC1. The van der Waals surface area contributed by atoms with E-state index in [9.17, 15) is 23.1 Å². The van der Waals surface area contributed by atoms with Gasteiger partial charge in [-0.15, -0.1) is 0 Å². The molecule has 23 heavy (non-hydrogen) atoms. The average molecular weight is 326 g/mol. The van der Waals surface area contributed by atoms with E-state index in [2.05, 4.69) is 0 Å². The van der Waals surface area contributed by atoms with Gasteiger partial charge >= 0.3 is 12.1 Å². The zero-order valence-electron chi connectivity index (χ0n) is 12.9. The van der Waals surface area contributed by atoms with Crippen LogP contribution in [-0.4, -0.2) is 22.9 Å². The summed E-state index contributed by atoms with van der Waals surface area (Å²) in [5.41, 5.74) is -1.24. The van der Waals surface area contributed by atoms with Crippen molar-refractivity contribution in [3.63, 3.8) is 0 Å². The van der Waals surface area contributed by atoms with E-state index < -0.39 is 23.3 Å². The Kier molecular flexibility index (Phi) is 3.46. The number of hydrogen-bond acceptors (Lipinski definition) is 2. The smallest absolute Gasteiger partial charge is 0.432 e. The van der Waals surface area contributed by atoms with Crippen molar-refractivity contribution in [2.75, 3.05) is 0 Å². The van der Waals surface area contributed by atoms with Crippen LogP contribution in [-0.2, 0) is 17.6 Å². The van der Waals surface area contributed by atoms with E-state index in [-0.39, 0.29) is 11.3 Å². The third kappa shape index (κ3) is 2.23. The first kappa shape index (κ1) is 15.9. The first-order chi connectivity index (χ1) is 10.7. The van der Waals surface area contributed by atoms with Gasteiger partial charge in [-0.2, -0.15) is 13.2 Å². The van der Waals surface area contributed by atoms with Crippen molar-refractivity contribution in [2.45, 2.75) is 51.3 Å². The van der Waals surface area contributed by atoms with E-state index >= 15 is 0 Å². The monoisotopic (exact) mass is 326 g/mol. The summed E-state index contributed by atoms with van der Waals surface area (Å²) in [6, 6.07) is 3.55. The van der Waals surface area contributed by atoms with Crippen LogP contribution in [0.2, 0.25) is 0 Å². The summed E-state index contributed by atoms with van der Waals surface area (Å²) >= 11 is 0. The van der Waals surface area contributed by atoms with Crippen molar-refractivity contribution >= 4 is 11.5 Å². The molecule has 0 saturated carbocycles. The number of hydrogen-bond donors (Lipinski definition) is 1.